The number of hydrogen-bond donors (Lipinski definition) is 1. The molecular formula is C22H27NO4. The molecule has 2 aromatic rings. The summed E-state index contributed by atoms with van der Waals surface area (Å²) in [6.07, 6.45) is 1.69. The highest BCUT2D eigenvalue weighted by molar-refractivity contribution is 5.96. The molecule has 1 N–H and O–H groups in total. The molecule has 0 aromatic heterocycles. The van der Waals surface area contributed by atoms with Gasteiger partial charge in [-0.25, -0.2) is 4.79 Å². The normalized spacial score (nSPS) is 10.6. The fourth-order valence-electron chi connectivity index (χ4n) is 2.73. The van der Waals surface area contributed by atoms with Crippen molar-refractivity contribution < 1.29 is 19.1 Å². The third-order valence-corrected chi connectivity index (χ3v) is 4.06. The maximum absolute atomic E-state index is 12.3. The van der Waals surface area contributed by atoms with Gasteiger partial charge in [-0.2, -0.15) is 0 Å². The zero-order valence-corrected chi connectivity index (χ0v) is 16.4. The number of carbonyl (C=O) groups is 2. The first-order valence-electron chi connectivity index (χ1n) is 9.29. The van der Waals surface area contributed by atoms with Gasteiger partial charge in [-0.15, -0.1) is 0 Å². The molecule has 0 saturated heterocycles. The molecule has 2 aromatic carbocycles. The lowest BCUT2D eigenvalue weighted by molar-refractivity contribution is -0.119. The summed E-state index contributed by atoms with van der Waals surface area (Å²) >= 11 is 0. The van der Waals surface area contributed by atoms with Crippen molar-refractivity contribution in [1.82, 2.24) is 0 Å². The Bertz CT molecular complexity index is 759. The fourth-order valence-corrected chi connectivity index (χ4v) is 2.73. The van der Waals surface area contributed by atoms with Gasteiger partial charge in [-0.05, 0) is 62.1 Å². The molecule has 1 amide bonds. The Hall–Kier alpha value is -2.82. The second-order valence-electron chi connectivity index (χ2n) is 6.47. The van der Waals surface area contributed by atoms with Gasteiger partial charge in [-0.1, -0.05) is 32.0 Å². The summed E-state index contributed by atoms with van der Waals surface area (Å²) in [5, 5.41) is 2.88. The number of anilines is 1. The third-order valence-electron chi connectivity index (χ3n) is 4.06. The molecule has 2 rings (SSSR count). The summed E-state index contributed by atoms with van der Waals surface area (Å²) in [4.78, 5) is 24.4. The van der Waals surface area contributed by atoms with Gasteiger partial charge >= 0.3 is 5.97 Å². The van der Waals surface area contributed by atoms with Crippen molar-refractivity contribution in [3.63, 3.8) is 0 Å². The predicted molar refractivity (Wildman–Crippen MR) is 106 cm³/mol. The van der Waals surface area contributed by atoms with Crippen LogP contribution < -0.4 is 10.1 Å². The van der Waals surface area contributed by atoms with Gasteiger partial charge in [0.1, 0.15) is 5.75 Å². The van der Waals surface area contributed by atoms with E-state index in [9.17, 15) is 9.59 Å². The van der Waals surface area contributed by atoms with Gasteiger partial charge < -0.3 is 14.8 Å². The molecule has 5 heteroatoms. The van der Waals surface area contributed by atoms with E-state index in [4.69, 9.17) is 9.47 Å². The largest absolute Gasteiger partial charge is 0.491 e. The minimum atomic E-state index is -0.541. The van der Waals surface area contributed by atoms with E-state index >= 15 is 0 Å². The van der Waals surface area contributed by atoms with Crippen LogP contribution >= 0.6 is 0 Å². The van der Waals surface area contributed by atoms with E-state index < -0.39 is 5.97 Å². The Morgan fingerprint density at radius 3 is 2.07 bits per heavy atom. The van der Waals surface area contributed by atoms with Crippen molar-refractivity contribution >= 4 is 17.6 Å². The molecular weight excluding hydrogens is 342 g/mol. The zero-order valence-electron chi connectivity index (χ0n) is 16.4. The van der Waals surface area contributed by atoms with Crippen molar-refractivity contribution in [1.29, 1.82) is 0 Å². The van der Waals surface area contributed by atoms with E-state index in [0.29, 0.717) is 11.3 Å². The van der Waals surface area contributed by atoms with Crippen molar-refractivity contribution in [2.75, 3.05) is 11.9 Å². The quantitative estimate of drug-likeness (QED) is 0.701. The Morgan fingerprint density at radius 1 is 0.963 bits per heavy atom. The Balaban J connectivity index is 1.95. The van der Waals surface area contributed by atoms with E-state index in [1.165, 1.54) is 0 Å². The molecule has 0 aliphatic carbocycles. The number of para-hydroxylation sites is 1. The highest BCUT2D eigenvalue weighted by Gasteiger charge is 2.13. The highest BCUT2D eigenvalue weighted by Crippen LogP contribution is 2.22. The van der Waals surface area contributed by atoms with Crippen LogP contribution in [0.3, 0.4) is 0 Å². The number of nitrogens with one attached hydrogen (secondary N) is 1. The second kappa shape index (κ2) is 9.76. The molecule has 0 aliphatic heterocycles. The lowest BCUT2D eigenvalue weighted by Gasteiger charge is -2.14. The molecule has 144 valence electrons. The highest BCUT2D eigenvalue weighted by atomic mass is 16.5. The summed E-state index contributed by atoms with van der Waals surface area (Å²) in [6.45, 7) is 7.61. The van der Waals surface area contributed by atoms with Gasteiger partial charge in [0.2, 0.25) is 0 Å². The minimum absolute atomic E-state index is 0.0607. The van der Waals surface area contributed by atoms with E-state index in [1.807, 2.05) is 45.9 Å². The molecule has 0 radical (unpaired) electrons. The number of ether oxygens (including phenoxy) is 2. The molecule has 27 heavy (non-hydrogen) atoms. The SMILES string of the molecule is CCc1cccc(CC)c1NC(=O)COC(=O)c1ccc(OC(C)C)cc1. The van der Waals surface area contributed by atoms with Crippen LogP contribution in [0.1, 0.15) is 49.2 Å². The topological polar surface area (TPSA) is 64.6 Å². The number of hydrogen-bond acceptors (Lipinski definition) is 4. The number of amides is 1. The summed E-state index contributed by atoms with van der Waals surface area (Å²) in [7, 11) is 0. The molecule has 0 heterocycles. The molecule has 0 aliphatic rings. The van der Waals surface area contributed by atoms with Crippen LogP contribution in [0.2, 0.25) is 0 Å². The lowest BCUT2D eigenvalue weighted by atomic mass is 10.0. The van der Waals surface area contributed by atoms with E-state index in [-0.39, 0.29) is 18.6 Å². The minimum Gasteiger partial charge on any atom is -0.491 e. The van der Waals surface area contributed by atoms with Crippen molar-refractivity contribution in [3.05, 3.63) is 59.2 Å². The van der Waals surface area contributed by atoms with Crippen molar-refractivity contribution in [2.45, 2.75) is 46.6 Å². The van der Waals surface area contributed by atoms with Crippen molar-refractivity contribution in [3.8, 4) is 5.75 Å². The number of benzene rings is 2. The predicted octanol–water partition coefficient (Wildman–Crippen LogP) is 4.39. The second-order valence-corrected chi connectivity index (χ2v) is 6.47. The smallest absolute Gasteiger partial charge is 0.338 e. The fraction of sp³-hybridized carbons (Fsp3) is 0.364. The molecule has 5 nitrogen and oxygen atoms in total. The van der Waals surface area contributed by atoms with E-state index in [1.54, 1.807) is 24.3 Å². The number of aryl methyl sites for hydroxylation is 2. The lowest BCUT2D eigenvalue weighted by Crippen LogP contribution is -2.22. The summed E-state index contributed by atoms with van der Waals surface area (Å²) in [5.74, 6) is -0.206. The van der Waals surface area contributed by atoms with Crippen molar-refractivity contribution in [2.24, 2.45) is 0 Å². The van der Waals surface area contributed by atoms with Gasteiger partial charge in [0.05, 0.1) is 11.7 Å². The van der Waals surface area contributed by atoms with Gasteiger partial charge in [-0.3, -0.25) is 4.79 Å². The maximum Gasteiger partial charge on any atom is 0.338 e. The standard InChI is InChI=1S/C22H27NO4/c1-5-16-8-7-9-17(6-2)21(16)23-20(24)14-26-22(25)18-10-12-19(13-11-18)27-15(3)4/h7-13,15H,5-6,14H2,1-4H3,(H,23,24). The zero-order chi connectivity index (χ0) is 19.8. The van der Waals surface area contributed by atoms with Crippen LogP contribution in [0.15, 0.2) is 42.5 Å². The molecule has 0 fully saturated rings. The van der Waals surface area contributed by atoms with Crippen LogP contribution in [-0.4, -0.2) is 24.6 Å². The Morgan fingerprint density at radius 2 is 1.56 bits per heavy atom. The number of esters is 1. The van der Waals surface area contributed by atoms with Gasteiger partial charge in [0.15, 0.2) is 6.61 Å². The Labute approximate surface area is 160 Å². The molecule has 0 atom stereocenters. The summed E-state index contributed by atoms with van der Waals surface area (Å²) in [6, 6.07) is 12.6. The van der Waals surface area contributed by atoms with Crippen LogP contribution in [0.25, 0.3) is 0 Å². The third kappa shape index (κ3) is 5.84. The molecule has 0 spiro atoms. The number of rotatable bonds is 8. The van der Waals surface area contributed by atoms with E-state index in [0.717, 1.165) is 29.7 Å². The monoisotopic (exact) mass is 369 g/mol. The first-order valence-corrected chi connectivity index (χ1v) is 9.29. The average molecular weight is 369 g/mol. The Kier molecular flexibility index (Phi) is 7.41. The molecule has 0 saturated carbocycles. The van der Waals surface area contributed by atoms with Gasteiger partial charge in [0.25, 0.3) is 5.91 Å². The first-order chi connectivity index (χ1) is 12.9. The maximum atomic E-state index is 12.3. The van der Waals surface area contributed by atoms with Crippen LogP contribution in [0.5, 0.6) is 5.75 Å². The van der Waals surface area contributed by atoms with Crippen LogP contribution in [-0.2, 0) is 22.4 Å². The first kappa shape index (κ1) is 20.5. The molecule has 0 bridgehead atoms. The summed E-state index contributed by atoms with van der Waals surface area (Å²) < 4.78 is 10.7. The summed E-state index contributed by atoms with van der Waals surface area (Å²) in [5.41, 5.74) is 3.32. The van der Waals surface area contributed by atoms with Crippen LogP contribution in [0, 0.1) is 0 Å². The van der Waals surface area contributed by atoms with Crippen LogP contribution in [0.4, 0.5) is 5.69 Å². The van der Waals surface area contributed by atoms with Gasteiger partial charge in [0, 0.05) is 5.69 Å². The van der Waals surface area contributed by atoms with E-state index in [2.05, 4.69) is 5.32 Å². The average Bonchev–Trinajstić information content (AvgIpc) is 2.66. The number of carbonyl (C=O) groups excluding carboxylic acids is 2. The molecule has 0 unspecified atom stereocenters.